The van der Waals surface area contributed by atoms with Crippen molar-refractivity contribution in [1.29, 1.82) is 0 Å². The van der Waals surface area contributed by atoms with Gasteiger partial charge in [-0.25, -0.2) is 15.0 Å². The molecule has 3 aromatic rings. The van der Waals surface area contributed by atoms with Crippen LogP contribution in [0.3, 0.4) is 0 Å². The maximum absolute atomic E-state index is 6.09. The first kappa shape index (κ1) is 20.5. The number of anilines is 2. The van der Waals surface area contributed by atoms with Crippen LogP contribution in [0.1, 0.15) is 24.1 Å². The topological polar surface area (TPSA) is 85.3 Å². The van der Waals surface area contributed by atoms with Gasteiger partial charge < -0.3 is 19.7 Å². The van der Waals surface area contributed by atoms with Gasteiger partial charge in [0, 0.05) is 31.2 Å². The van der Waals surface area contributed by atoms with Crippen LogP contribution in [0.25, 0.3) is 0 Å². The molecule has 0 amide bonds. The van der Waals surface area contributed by atoms with Gasteiger partial charge in [-0.2, -0.15) is 0 Å². The van der Waals surface area contributed by atoms with Crippen LogP contribution in [-0.4, -0.2) is 58.4 Å². The highest BCUT2D eigenvalue weighted by molar-refractivity contribution is 7.99. The van der Waals surface area contributed by atoms with Crippen molar-refractivity contribution in [2.45, 2.75) is 41.1 Å². The third-order valence-corrected chi connectivity index (χ3v) is 8.53. The Morgan fingerprint density at radius 2 is 1.85 bits per heavy atom. The average molecular weight is 475 g/mol. The molecule has 0 aromatic carbocycles. The summed E-state index contributed by atoms with van der Waals surface area (Å²) >= 11 is 1.56. The van der Waals surface area contributed by atoms with Crippen molar-refractivity contribution in [2.24, 2.45) is 5.41 Å². The minimum atomic E-state index is -0.129. The number of aromatic nitrogens is 4. The molecule has 2 fully saturated rings. The smallest absolute Gasteiger partial charge is 0.175 e. The predicted molar refractivity (Wildman–Crippen MR) is 129 cm³/mol. The molecule has 1 aliphatic carbocycles. The molecule has 2 spiro atoms. The van der Waals surface area contributed by atoms with Crippen LogP contribution in [0, 0.1) is 5.41 Å². The van der Waals surface area contributed by atoms with Crippen molar-refractivity contribution < 1.29 is 9.47 Å². The minimum absolute atomic E-state index is 0.129. The second-order valence-corrected chi connectivity index (χ2v) is 11.0. The highest BCUT2D eigenvalue weighted by Gasteiger charge is 2.44. The molecule has 2 saturated heterocycles. The zero-order valence-corrected chi connectivity index (χ0v) is 19.7. The monoisotopic (exact) mass is 474 g/mol. The van der Waals surface area contributed by atoms with E-state index in [0.717, 1.165) is 53.2 Å². The van der Waals surface area contributed by atoms with Crippen LogP contribution in [0.5, 0.6) is 5.75 Å². The van der Waals surface area contributed by atoms with E-state index in [1.165, 1.54) is 24.1 Å². The number of ether oxygens (including phenoxy) is 2. The summed E-state index contributed by atoms with van der Waals surface area (Å²) in [5.74, 6) is 2.51. The first-order valence-electron chi connectivity index (χ1n) is 11.8. The third kappa shape index (κ3) is 3.49. The molecule has 0 bridgehead atoms. The first-order chi connectivity index (χ1) is 16.7. The van der Waals surface area contributed by atoms with Crippen LogP contribution in [-0.2, 0) is 17.6 Å². The standard InChI is InChI=1S/C25H26N6O2S/c1-2-17-10-24(11-18(17)26-6-1)4-8-31(9-5-24)20-12-29-21(13-28-20)34-19-3-7-27-23-22(19)33-16-25(30-23)14-32-15-25/h1-3,6-7,12-13H,4-5,8-11,14-16H2,(H,27,30). The maximum Gasteiger partial charge on any atom is 0.175 e. The summed E-state index contributed by atoms with van der Waals surface area (Å²) in [7, 11) is 0. The van der Waals surface area contributed by atoms with Gasteiger partial charge in [0.25, 0.3) is 0 Å². The van der Waals surface area contributed by atoms with E-state index in [4.69, 9.17) is 19.4 Å². The Balaban J connectivity index is 1.01. The number of fused-ring (bicyclic) bond motifs is 2. The molecular weight excluding hydrogens is 448 g/mol. The van der Waals surface area contributed by atoms with Gasteiger partial charge >= 0.3 is 0 Å². The molecule has 6 heterocycles. The molecule has 0 unspecified atom stereocenters. The third-order valence-electron chi connectivity index (χ3n) is 7.57. The Hall–Kier alpha value is -2.91. The lowest BCUT2D eigenvalue weighted by molar-refractivity contribution is -0.0652. The van der Waals surface area contributed by atoms with Crippen molar-refractivity contribution in [3.05, 3.63) is 54.2 Å². The fourth-order valence-electron chi connectivity index (χ4n) is 5.56. The average Bonchev–Trinajstić information content (AvgIpc) is 3.21. The van der Waals surface area contributed by atoms with E-state index in [-0.39, 0.29) is 5.54 Å². The van der Waals surface area contributed by atoms with Crippen LogP contribution < -0.4 is 15.0 Å². The largest absolute Gasteiger partial charge is 0.486 e. The number of rotatable bonds is 3. The molecule has 8 nitrogen and oxygen atoms in total. The SMILES string of the molecule is c1cnc2c(c1)CC1(CCN(c3cnc(Sc4ccnc5c4OCC4(COC4)N5)cn3)CC1)C2. The van der Waals surface area contributed by atoms with Gasteiger partial charge in [0.05, 0.1) is 30.5 Å². The summed E-state index contributed by atoms with van der Waals surface area (Å²) in [6.07, 6.45) is 12.1. The number of hydrogen-bond acceptors (Lipinski definition) is 9. The molecule has 3 aromatic heterocycles. The van der Waals surface area contributed by atoms with E-state index < -0.39 is 0 Å². The number of piperidine rings is 1. The highest BCUT2D eigenvalue weighted by Crippen LogP contribution is 2.45. The zero-order valence-electron chi connectivity index (χ0n) is 18.9. The molecule has 0 saturated carbocycles. The molecular formula is C25H26N6O2S. The van der Waals surface area contributed by atoms with Gasteiger partial charge in [-0.05, 0) is 48.8 Å². The Morgan fingerprint density at radius 1 is 0.941 bits per heavy atom. The molecule has 9 heteroatoms. The fraction of sp³-hybridized carbons (Fsp3) is 0.440. The molecule has 0 radical (unpaired) electrons. The van der Waals surface area contributed by atoms with Crippen molar-refractivity contribution in [1.82, 2.24) is 19.9 Å². The molecule has 174 valence electrons. The van der Waals surface area contributed by atoms with Crippen LogP contribution in [0.4, 0.5) is 11.6 Å². The van der Waals surface area contributed by atoms with Gasteiger partial charge in [-0.1, -0.05) is 17.8 Å². The highest BCUT2D eigenvalue weighted by atomic mass is 32.2. The number of hydrogen-bond donors (Lipinski definition) is 1. The van der Waals surface area contributed by atoms with Crippen LogP contribution in [0.15, 0.2) is 52.9 Å². The molecule has 7 rings (SSSR count). The van der Waals surface area contributed by atoms with Crippen molar-refractivity contribution in [3.8, 4) is 5.75 Å². The summed E-state index contributed by atoms with van der Waals surface area (Å²) in [6.45, 7) is 3.91. The van der Waals surface area contributed by atoms with Gasteiger partial charge in [-0.15, -0.1) is 0 Å². The molecule has 0 atom stereocenters. The summed E-state index contributed by atoms with van der Waals surface area (Å²) in [5, 5.41) is 4.34. The van der Waals surface area contributed by atoms with Crippen molar-refractivity contribution >= 4 is 23.4 Å². The maximum atomic E-state index is 6.09. The summed E-state index contributed by atoms with van der Waals surface area (Å²) in [6, 6.07) is 6.27. The van der Waals surface area contributed by atoms with E-state index >= 15 is 0 Å². The van der Waals surface area contributed by atoms with E-state index in [1.807, 2.05) is 24.7 Å². The molecule has 1 N–H and O–H groups in total. The molecule has 4 aliphatic rings. The number of pyridine rings is 2. The van der Waals surface area contributed by atoms with Gasteiger partial charge in [0.1, 0.15) is 23.0 Å². The van der Waals surface area contributed by atoms with Gasteiger partial charge in [0.2, 0.25) is 0 Å². The second-order valence-electron chi connectivity index (χ2n) is 9.94. The summed E-state index contributed by atoms with van der Waals surface area (Å²) in [4.78, 5) is 21.9. The summed E-state index contributed by atoms with van der Waals surface area (Å²) < 4.78 is 11.4. The van der Waals surface area contributed by atoms with E-state index in [0.29, 0.717) is 25.2 Å². The zero-order chi connectivity index (χ0) is 22.6. The normalized spacial score (nSPS) is 21.4. The van der Waals surface area contributed by atoms with E-state index in [1.54, 1.807) is 18.0 Å². The molecule has 3 aliphatic heterocycles. The van der Waals surface area contributed by atoms with Crippen molar-refractivity contribution in [3.63, 3.8) is 0 Å². The lowest BCUT2D eigenvalue weighted by Gasteiger charge is -2.44. The fourth-order valence-corrected chi connectivity index (χ4v) is 6.37. The Kier molecular flexibility index (Phi) is 4.70. The van der Waals surface area contributed by atoms with Crippen LogP contribution >= 0.6 is 11.8 Å². The quantitative estimate of drug-likeness (QED) is 0.614. The Bertz CT molecular complexity index is 1200. The van der Waals surface area contributed by atoms with Gasteiger partial charge in [-0.3, -0.25) is 4.98 Å². The Labute approximate surface area is 202 Å². The first-order valence-corrected chi connectivity index (χ1v) is 12.7. The van der Waals surface area contributed by atoms with Gasteiger partial charge in [0.15, 0.2) is 11.6 Å². The number of nitrogens with zero attached hydrogens (tertiary/aromatic N) is 5. The minimum Gasteiger partial charge on any atom is -0.486 e. The lowest BCUT2D eigenvalue weighted by atomic mass is 9.76. The number of nitrogens with one attached hydrogen (secondary N) is 1. The van der Waals surface area contributed by atoms with E-state index in [9.17, 15) is 0 Å². The Morgan fingerprint density at radius 3 is 2.62 bits per heavy atom. The van der Waals surface area contributed by atoms with E-state index in [2.05, 4.69) is 32.3 Å². The summed E-state index contributed by atoms with van der Waals surface area (Å²) in [5.41, 5.74) is 2.97. The molecule has 34 heavy (non-hydrogen) atoms. The van der Waals surface area contributed by atoms with Crippen LogP contribution in [0.2, 0.25) is 0 Å². The predicted octanol–water partition coefficient (Wildman–Crippen LogP) is 3.38. The second kappa shape index (κ2) is 7.81. The lowest BCUT2D eigenvalue weighted by Crippen LogP contribution is -2.61. The van der Waals surface area contributed by atoms with Crippen molar-refractivity contribution in [2.75, 3.05) is 43.1 Å².